The lowest BCUT2D eigenvalue weighted by Crippen LogP contribution is -2.11. The smallest absolute Gasteiger partial charge is 0.390 e. The van der Waals surface area contributed by atoms with Crippen molar-refractivity contribution in [2.24, 2.45) is 0 Å². The third-order valence-corrected chi connectivity index (χ3v) is 5.55. The van der Waals surface area contributed by atoms with E-state index in [9.17, 15) is 23.1 Å². The number of anilines is 2. The monoisotopic (exact) mass is 431 g/mol. The number of hydrogen-bond donors (Lipinski definition) is 3. The number of amides is 1. The van der Waals surface area contributed by atoms with Crippen molar-refractivity contribution in [3.05, 3.63) is 70.2 Å². The first-order chi connectivity index (χ1) is 14.2. The molecule has 0 spiro atoms. The highest BCUT2D eigenvalue weighted by atomic mass is 32.1. The molecule has 1 aromatic heterocycles. The van der Waals surface area contributed by atoms with Crippen LogP contribution in [0.1, 0.15) is 22.4 Å². The standard InChI is InChI=1S/C21H16F3N3O2S/c1-11-5-17-18(7-15(11)21(22,23)24)27-19(29)8-16(26-17)12-3-2-4-13(6-12)20-25-14(9-28)10-30-20/h2-8,10,26,28H,9H2,1H3,(H,27,29). The van der Waals surface area contributed by atoms with Gasteiger partial charge in [-0.05, 0) is 36.2 Å². The number of benzene rings is 2. The van der Waals surface area contributed by atoms with E-state index < -0.39 is 17.6 Å². The number of nitrogens with one attached hydrogen (secondary N) is 2. The normalized spacial score (nSPS) is 13.8. The molecule has 0 fully saturated rings. The number of aromatic nitrogens is 1. The largest absolute Gasteiger partial charge is 0.416 e. The fraction of sp³-hybridized carbons (Fsp3) is 0.143. The lowest BCUT2D eigenvalue weighted by molar-refractivity contribution is -0.138. The number of fused-ring (bicyclic) bond motifs is 1. The van der Waals surface area contributed by atoms with E-state index in [-0.39, 0.29) is 17.9 Å². The van der Waals surface area contributed by atoms with E-state index in [1.165, 1.54) is 30.4 Å². The van der Waals surface area contributed by atoms with Crippen molar-refractivity contribution in [1.82, 2.24) is 4.98 Å². The maximum atomic E-state index is 13.2. The quantitative estimate of drug-likeness (QED) is 0.544. The molecule has 1 aliphatic rings. The second kappa shape index (κ2) is 7.58. The Balaban J connectivity index is 1.72. The van der Waals surface area contributed by atoms with Crippen molar-refractivity contribution in [3.8, 4) is 10.6 Å². The van der Waals surface area contributed by atoms with Gasteiger partial charge in [-0.15, -0.1) is 11.3 Å². The molecule has 0 atom stereocenters. The zero-order valence-corrected chi connectivity index (χ0v) is 16.5. The summed E-state index contributed by atoms with van der Waals surface area (Å²) in [6.07, 6.45) is -3.20. The summed E-state index contributed by atoms with van der Waals surface area (Å²) >= 11 is 1.38. The number of hydrogen-bond acceptors (Lipinski definition) is 5. The van der Waals surface area contributed by atoms with Crippen LogP contribution < -0.4 is 10.6 Å². The second-order valence-electron chi connectivity index (χ2n) is 6.77. The third kappa shape index (κ3) is 3.94. The molecule has 1 amide bonds. The van der Waals surface area contributed by atoms with Crippen molar-refractivity contribution in [1.29, 1.82) is 0 Å². The molecule has 30 heavy (non-hydrogen) atoms. The highest BCUT2D eigenvalue weighted by Crippen LogP contribution is 2.39. The minimum atomic E-state index is -4.51. The van der Waals surface area contributed by atoms with Crippen LogP contribution in [-0.2, 0) is 17.6 Å². The molecule has 9 heteroatoms. The molecule has 5 nitrogen and oxygen atoms in total. The molecule has 2 aromatic carbocycles. The maximum Gasteiger partial charge on any atom is 0.416 e. The molecule has 0 radical (unpaired) electrons. The second-order valence-corrected chi connectivity index (χ2v) is 7.62. The first-order valence-corrected chi connectivity index (χ1v) is 9.80. The molecule has 0 aliphatic carbocycles. The van der Waals surface area contributed by atoms with Crippen LogP contribution >= 0.6 is 11.3 Å². The van der Waals surface area contributed by atoms with Crippen molar-refractivity contribution in [2.75, 3.05) is 10.6 Å². The summed E-state index contributed by atoms with van der Waals surface area (Å²) in [5, 5.41) is 17.3. The van der Waals surface area contributed by atoms with E-state index >= 15 is 0 Å². The Labute approximate surface area is 173 Å². The van der Waals surface area contributed by atoms with E-state index in [0.717, 1.165) is 11.6 Å². The average molecular weight is 431 g/mol. The van der Waals surface area contributed by atoms with Gasteiger partial charge in [0.25, 0.3) is 5.91 Å². The number of halogens is 3. The predicted octanol–water partition coefficient (Wildman–Crippen LogP) is 5.03. The van der Waals surface area contributed by atoms with Gasteiger partial charge in [0, 0.05) is 17.0 Å². The van der Waals surface area contributed by atoms with Crippen LogP contribution in [-0.4, -0.2) is 16.0 Å². The van der Waals surface area contributed by atoms with Crippen LogP contribution in [0.4, 0.5) is 24.5 Å². The van der Waals surface area contributed by atoms with Gasteiger partial charge in [0.15, 0.2) is 0 Å². The van der Waals surface area contributed by atoms with Gasteiger partial charge in [-0.25, -0.2) is 4.98 Å². The molecule has 0 unspecified atom stereocenters. The molecule has 3 aromatic rings. The topological polar surface area (TPSA) is 74.2 Å². The van der Waals surface area contributed by atoms with Gasteiger partial charge < -0.3 is 15.7 Å². The Morgan fingerprint density at radius 1 is 1.10 bits per heavy atom. The number of aliphatic hydroxyl groups is 1. The van der Waals surface area contributed by atoms with E-state index in [1.54, 1.807) is 17.5 Å². The lowest BCUT2D eigenvalue weighted by atomic mass is 10.0. The van der Waals surface area contributed by atoms with E-state index in [4.69, 9.17) is 0 Å². The number of aliphatic hydroxyl groups excluding tert-OH is 1. The summed E-state index contributed by atoms with van der Waals surface area (Å²) in [5.74, 6) is -0.532. The minimum Gasteiger partial charge on any atom is -0.390 e. The van der Waals surface area contributed by atoms with Crippen molar-refractivity contribution in [2.45, 2.75) is 19.7 Å². The van der Waals surface area contributed by atoms with Crippen LogP contribution in [0.3, 0.4) is 0 Å². The zero-order chi connectivity index (χ0) is 21.5. The highest BCUT2D eigenvalue weighted by molar-refractivity contribution is 7.13. The number of aryl methyl sites for hydroxylation is 1. The number of thiazole rings is 1. The number of rotatable bonds is 3. The van der Waals surface area contributed by atoms with Crippen LogP contribution in [0.2, 0.25) is 0 Å². The van der Waals surface area contributed by atoms with Crippen molar-refractivity contribution in [3.63, 3.8) is 0 Å². The Bertz CT molecular complexity index is 1170. The Morgan fingerprint density at radius 3 is 2.53 bits per heavy atom. The summed E-state index contributed by atoms with van der Waals surface area (Å²) < 4.78 is 39.7. The summed E-state index contributed by atoms with van der Waals surface area (Å²) in [7, 11) is 0. The number of alkyl halides is 3. The molecule has 154 valence electrons. The predicted molar refractivity (Wildman–Crippen MR) is 110 cm³/mol. The molecule has 3 N–H and O–H groups in total. The average Bonchev–Trinajstić information content (AvgIpc) is 3.11. The van der Waals surface area contributed by atoms with Crippen LogP contribution in [0.25, 0.3) is 16.3 Å². The van der Waals surface area contributed by atoms with Crippen molar-refractivity contribution < 1.29 is 23.1 Å². The van der Waals surface area contributed by atoms with E-state index in [0.29, 0.717) is 27.6 Å². The molecule has 2 heterocycles. The Morgan fingerprint density at radius 2 is 1.83 bits per heavy atom. The third-order valence-electron chi connectivity index (χ3n) is 4.61. The van der Waals surface area contributed by atoms with E-state index in [1.807, 2.05) is 12.1 Å². The summed E-state index contributed by atoms with van der Waals surface area (Å²) in [5.41, 5.74) is 2.19. The van der Waals surface area contributed by atoms with Crippen molar-refractivity contribution >= 4 is 34.3 Å². The fourth-order valence-electron chi connectivity index (χ4n) is 3.19. The zero-order valence-electron chi connectivity index (χ0n) is 15.7. The SMILES string of the molecule is Cc1cc2c(cc1C(F)(F)F)NC(=O)C=C(c1cccc(-c3nc(CO)cs3)c1)N2. The highest BCUT2D eigenvalue weighted by Gasteiger charge is 2.33. The molecule has 4 rings (SSSR count). The molecule has 0 saturated heterocycles. The fourth-order valence-corrected chi connectivity index (χ4v) is 4.00. The summed E-state index contributed by atoms with van der Waals surface area (Å²) in [6.45, 7) is 1.22. The van der Waals surface area contributed by atoms with Gasteiger partial charge in [-0.1, -0.05) is 18.2 Å². The molecule has 1 aliphatic heterocycles. The maximum absolute atomic E-state index is 13.2. The number of carbonyl (C=O) groups is 1. The van der Waals surface area contributed by atoms with Crippen LogP contribution in [0.15, 0.2) is 47.9 Å². The summed E-state index contributed by atoms with van der Waals surface area (Å²) in [6, 6.07) is 9.58. The molecule has 0 saturated carbocycles. The molecular weight excluding hydrogens is 415 g/mol. The van der Waals surface area contributed by atoms with Crippen LogP contribution in [0.5, 0.6) is 0 Å². The number of carbonyl (C=O) groups excluding carboxylic acids is 1. The lowest BCUT2D eigenvalue weighted by Gasteiger charge is -2.17. The Hall–Kier alpha value is -3.17. The van der Waals surface area contributed by atoms with Gasteiger partial charge in [-0.3, -0.25) is 4.79 Å². The molecule has 0 bridgehead atoms. The molecular formula is C21H16F3N3O2S. The van der Waals surface area contributed by atoms with Gasteiger partial charge in [-0.2, -0.15) is 13.2 Å². The van der Waals surface area contributed by atoms with Gasteiger partial charge in [0.05, 0.1) is 34.9 Å². The summed E-state index contributed by atoms with van der Waals surface area (Å²) in [4.78, 5) is 16.7. The van der Waals surface area contributed by atoms with Crippen LogP contribution in [0, 0.1) is 6.92 Å². The minimum absolute atomic E-state index is 0.0531. The Kier molecular flexibility index (Phi) is 5.08. The van der Waals surface area contributed by atoms with Gasteiger partial charge >= 0.3 is 6.18 Å². The van der Waals surface area contributed by atoms with Gasteiger partial charge in [0.1, 0.15) is 5.01 Å². The first kappa shape index (κ1) is 20.1. The number of nitrogens with zero attached hydrogens (tertiary/aromatic N) is 1. The van der Waals surface area contributed by atoms with E-state index in [2.05, 4.69) is 15.6 Å². The first-order valence-electron chi connectivity index (χ1n) is 8.92. The van der Waals surface area contributed by atoms with Gasteiger partial charge in [0.2, 0.25) is 0 Å².